The third kappa shape index (κ3) is 3.03. The van der Waals surface area contributed by atoms with Gasteiger partial charge in [0.05, 0.1) is 24.2 Å². The summed E-state index contributed by atoms with van der Waals surface area (Å²) in [6.07, 6.45) is 1.23. The highest BCUT2D eigenvalue weighted by atomic mass is 35.5. The van der Waals surface area contributed by atoms with E-state index < -0.39 is 16.9 Å². The SMILES string of the molecule is CCC(C(=O)O)N(c1nc(Cl)ncc1[N+](=O)[O-])C1COC1. The quantitative estimate of drug-likeness (QED) is 0.471. The first-order chi connectivity index (χ1) is 9.95. The summed E-state index contributed by atoms with van der Waals surface area (Å²) in [6, 6.07) is -1.25. The molecule has 1 aromatic rings. The summed E-state index contributed by atoms with van der Waals surface area (Å²) < 4.78 is 5.06. The number of carbonyl (C=O) groups is 1. The minimum Gasteiger partial charge on any atom is -0.480 e. The van der Waals surface area contributed by atoms with Gasteiger partial charge in [-0.05, 0) is 18.0 Å². The molecule has 114 valence electrons. The van der Waals surface area contributed by atoms with Gasteiger partial charge in [0.15, 0.2) is 0 Å². The van der Waals surface area contributed by atoms with Crippen LogP contribution >= 0.6 is 11.6 Å². The summed E-state index contributed by atoms with van der Waals surface area (Å²) in [4.78, 5) is 30.7. The van der Waals surface area contributed by atoms with Gasteiger partial charge >= 0.3 is 11.7 Å². The number of carboxylic acid groups (broad SMARTS) is 1. The molecule has 1 aliphatic heterocycles. The Balaban J connectivity index is 2.52. The Bertz CT molecular complexity index is 566. The van der Waals surface area contributed by atoms with Gasteiger partial charge in [0.1, 0.15) is 12.2 Å². The monoisotopic (exact) mass is 316 g/mol. The van der Waals surface area contributed by atoms with E-state index in [0.717, 1.165) is 6.20 Å². The molecule has 21 heavy (non-hydrogen) atoms. The van der Waals surface area contributed by atoms with E-state index in [1.54, 1.807) is 6.92 Å². The average Bonchev–Trinajstić information content (AvgIpc) is 2.35. The molecule has 9 nitrogen and oxygen atoms in total. The molecule has 0 radical (unpaired) electrons. The van der Waals surface area contributed by atoms with Gasteiger partial charge in [-0.25, -0.2) is 9.78 Å². The van der Waals surface area contributed by atoms with Gasteiger partial charge in [-0.3, -0.25) is 10.1 Å². The molecule has 0 aliphatic carbocycles. The molecule has 0 aromatic carbocycles. The normalized spacial score (nSPS) is 16.1. The first-order valence-electron chi connectivity index (χ1n) is 6.21. The van der Waals surface area contributed by atoms with Crippen molar-refractivity contribution in [3.8, 4) is 0 Å². The van der Waals surface area contributed by atoms with Crippen LogP contribution in [0.5, 0.6) is 0 Å². The number of aliphatic carboxylic acids is 1. The number of anilines is 1. The van der Waals surface area contributed by atoms with E-state index in [9.17, 15) is 20.0 Å². The van der Waals surface area contributed by atoms with Crippen LogP contribution in [-0.4, -0.2) is 51.3 Å². The third-order valence-corrected chi connectivity index (χ3v) is 3.37. The smallest absolute Gasteiger partial charge is 0.329 e. The second-order valence-electron chi connectivity index (χ2n) is 4.47. The summed E-state index contributed by atoms with van der Waals surface area (Å²) in [6.45, 7) is 2.24. The van der Waals surface area contributed by atoms with Gasteiger partial charge in [-0.2, -0.15) is 4.98 Å². The van der Waals surface area contributed by atoms with E-state index in [1.165, 1.54) is 4.90 Å². The van der Waals surface area contributed by atoms with Crippen LogP contribution in [0.2, 0.25) is 5.28 Å². The molecule has 1 aromatic heterocycles. The molecule has 2 heterocycles. The molecule has 10 heteroatoms. The lowest BCUT2D eigenvalue weighted by Gasteiger charge is -2.40. The van der Waals surface area contributed by atoms with E-state index in [4.69, 9.17) is 16.3 Å². The standard InChI is InChI=1S/C11H13ClN4O5/c1-2-7(10(17)18)15(6-4-21-5-6)9-8(16(19)20)3-13-11(12)14-9/h3,6-7H,2,4-5H2,1H3,(H,17,18). The summed E-state index contributed by atoms with van der Waals surface area (Å²) in [5, 5.41) is 20.3. The van der Waals surface area contributed by atoms with Crippen molar-refractivity contribution in [2.24, 2.45) is 0 Å². The van der Waals surface area contributed by atoms with E-state index >= 15 is 0 Å². The van der Waals surface area contributed by atoms with Crippen molar-refractivity contribution < 1.29 is 19.6 Å². The lowest BCUT2D eigenvalue weighted by molar-refractivity contribution is -0.384. The van der Waals surface area contributed by atoms with E-state index in [-0.39, 0.29) is 42.5 Å². The minimum atomic E-state index is -1.09. The van der Waals surface area contributed by atoms with Gasteiger partial charge in [0.2, 0.25) is 11.1 Å². The highest BCUT2D eigenvalue weighted by molar-refractivity contribution is 6.28. The first kappa shape index (κ1) is 15.4. The predicted octanol–water partition coefficient (Wildman–Crippen LogP) is 1.11. The Morgan fingerprint density at radius 3 is 2.81 bits per heavy atom. The minimum absolute atomic E-state index is 0.0949. The van der Waals surface area contributed by atoms with Crippen LogP contribution < -0.4 is 4.90 Å². The van der Waals surface area contributed by atoms with Crippen LogP contribution in [-0.2, 0) is 9.53 Å². The number of hydrogen-bond acceptors (Lipinski definition) is 7. The van der Waals surface area contributed by atoms with Crippen LogP contribution in [0.4, 0.5) is 11.5 Å². The molecule has 1 N–H and O–H groups in total. The molecule has 0 spiro atoms. The van der Waals surface area contributed by atoms with Crippen molar-refractivity contribution >= 4 is 29.1 Å². The molecule has 0 bridgehead atoms. The Morgan fingerprint density at radius 1 is 1.71 bits per heavy atom. The molecular weight excluding hydrogens is 304 g/mol. The van der Waals surface area contributed by atoms with Crippen molar-refractivity contribution in [3.63, 3.8) is 0 Å². The summed E-state index contributed by atoms with van der Waals surface area (Å²) in [7, 11) is 0. The highest BCUT2D eigenvalue weighted by Gasteiger charge is 2.39. The molecule has 1 saturated heterocycles. The number of hydrogen-bond donors (Lipinski definition) is 1. The second-order valence-corrected chi connectivity index (χ2v) is 4.80. The third-order valence-electron chi connectivity index (χ3n) is 3.18. The predicted molar refractivity (Wildman–Crippen MR) is 72.5 cm³/mol. The van der Waals surface area contributed by atoms with Crippen molar-refractivity contribution in [2.45, 2.75) is 25.4 Å². The van der Waals surface area contributed by atoms with E-state index in [1.807, 2.05) is 0 Å². The van der Waals surface area contributed by atoms with Gasteiger partial charge in [-0.1, -0.05) is 6.92 Å². The van der Waals surface area contributed by atoms with Crippen molar-refractivity contribution in [3.05, 3.63) is 21.6 Å². The van der Waals surface area contributed by atoms with Crippen LogP contribution in [0, 0.1) is 10.1 Å². The largest absolute Gasteiger partial charge is 0.480 e. The maximum absolute atomic E-state index is 11.4. The number of nitro groups is 1. The molecule has 1 fully saturated rings. The Hall–Kier alpha value is -2.00. The van der Waals surface area contributed by atoms with Gasteiger partial charge in [0, 0.05) is 0 Å². The molecule has 0 amide bonds. The molecule has 0 saturated carbocycles. The van der Waals surface area contributed by atoms with Gasteiger partial charge < -0.3 is 14.7 Å². The molecular formula is C11H13ClN4O5. The number of ether oxygens (including phenoxy) is 1. The number of halogens is 1. The first-order valence-corrected chi connectivity index (χ1v) is 6.59. The van der Waals surface area contributed by atoms with Crippen molar-refractivity contribution in [2.75, 3.05) is 18.1 Å². The summed E-state index contributed by atoms with van der Waals surface area (Å²) in [5.41, 5.74) is -0.383. The van der Waals surface area contributed by atoms with Gasteiger partial charge in [0.25, 0.3) is 0 Å². The van der Waals surface area contributed by atoms with Crippen LogP contribution in [0.3, 0.4) is 0 Å². The molecule has 1 unspecified atom stereocenters. The van der Waals surface area contributed by atoms with Crippen LogP contribution in [0.15, 0.2) is 6.20 Å². The maximum Gasteiger partial charge on any atom is 0.329 e. The summed E-state index contributed by atoms with van der Waals surface area (Å²) in [5.74, 6) is -1.18. The molecule has 2 rings (SSSR count). The average molecular weight is 317 g/mol. The van der Waals surface area contributed by atoms with Gasteiger partial charge in [-0.15, -0.1) is 0 Å². The number of aromatic nitrogens is 2. The Morgan fingerprint density at radius 2 is 2.38 bits per heavy atom. The van der Waals surface area contributed by atoms with Crippen LogP contribution in [0.1, 0.15) is 13.3 Å². The zero-order valence-electron chi connectivity index (χ0n) is 11.1. The number of rotatable bonds is 6. The fourth-order valence-corrected chi connectivity index (χ4v) is 2.24. The lowest BCUT2D eigenvalue weighted by Crippen LogP contribution is -2.56. The number of nitrogens with zero attached hydrogens (tertiary/aromatic N) is 4. The highest BCUT2D eigenvalue weighted by Crippen LogP contribution is 2.32. The fourth-order valence-electron chi connectivity index (χ4n) is 2.11. The zero-order valence-corrected chi connectivity index (χ0v) is 11.9. The maximum atomic E-state index is 11.4. The Kier molecular flexibility index (Phi) is 4.53. The van der Waals surface area contributed by atoms with E-state index in [0.29, 0.717) is 0 Å². The zero-order chi connectivity index (χ0) is 15.6. The topological polar surface area (TPSA) is 119 Å². The Labute approximate surface area is 124 Å². The fraction of sp³-hybridized carbons (Fsp3) is 0.545. The number of carboxylic acids is 1. The van der Waals surface area contributed by atoms with Crippen molar-refractivity contribution in [1.29, 1.82) is 0 Å². The molecule has 1 atom stereocenters. The molecule has 1 aliphatic rings. The van der Waals surface area contributed by atoms with Crippen molar-refractivity contribution in [1.82, 2.24) is 9.97 Å². The second kappa shape index (κ2) is 6.19. The lowest BCUT2D eigenvalue weighted by atomic mass is 10.1. The van der Waals surface area contributed by atoms with E-state index in [2.05, 4.69) is 9.97 Å². The van der Waals surface area contributed by atoms with Crippen LogP contribution in [0.25, 0.3) is 0 Å². The summed E-state index contributed by atoms with van der Waals surface area (Å²) >= 11 is 5.71.